The molecule has 0 bridgehead atoms. The fourth-order valence-electron chi connectivity index (χ4n) is 1.90. The van der Waals surface area contributed by atoms with Crippen molar-refractivity contribution in [2.45, 2.75) is 39.3 Å². The van der Waals surface area contributed by atoms with Crippen molar-refractivity contribution in [3.05, 3.63) is 29.6 Å². The van der Waals surface area contributed by atoms with Gasteiger partial charge in [0.15, 0.2) is 0 Å². The van der Waals surface area contributed by atoms with Crippen LogP contribution in [0.1, 0.15) is 32.8 Å². The van der Waals surface area contributed by atoms with Gasteiger partial charge in [-0.05, 0) is 38.0 Å². The van der Waals surface area contributed by atoms with E-state index in [1.54, 1.807) is 13.2 Å². The van der Waals surface area contributed by atoms with Gasteiger partial charge in [0.2, 0.25) is 0 Å². The highest BCUT2D eigenvalue weighted by molar-refractivity contribution is 5.50. The molecule has 1 aromatic carbocycles. The second-order valence-corrected chi connectivity index (χ2v) is 5.68. The number of benzene rings is 1. The summed E-state index contributed by atoms with van der Waals surface area (Å²) in [6.45, 7) is 8.43. The quantitative estimate of drug-likeness (QED) is 0.741. The van der Waals surface area contributed by atoms with E-state index < -0.39 is 0 Å². The molecule has 0 unspecified atom stereocenters. The summed E-state index contributed by atoms with van der Waals surface area (Å²) in [4.78, 5) is 2.00. The van der Waals surface area contributed by atoms with Crippen LogP contribution in [0.4, 0.5) is 10.1 Å². The Morgan fingerprint density at radius 2 is 2.05 bits per heavy atom. The van der Waals surface area contributed by atoms with Crippen molar-refractivity contribution >= 4 is 5.69 Å². The molecule has 0 spiro atoms. The van der Waals surface area contributed by atoms with E-state index in [9.17, 15) is 4.39 Å². The van der Waals surface area contributed by atoms with Gasteiger partial charge in [-0.25, -0.2) is 4.39 Å². The third kappa shape index (κ3) is 4.46. The van der Waals surface area contributed by atoms with Gasteiger partial charge in [0, 0.05) is 32.8 Å². The highest BCUT2D eigenvalue weighted by Crippen LogP contribution is 2.27. The van der Waals surface area contributed by atoms with E-state index in [1.165, 1.54) is 0 Å². The smallest absolute Gasteiger partial charge is 0.146 e. The van der Waals surface area contributed by atoms with E-state index in [4.69, 9.17) is 4.74 Å². The molecule has 0 atom stereocenters. The van der Waals surface area contributed by atoms with Gasteiger partial charge in [0.25, 0.3) is 0 Å². The van der Waals surface area contributed by atoms with Crippen LogP contribution in [-0.2, 0) is 11.3 Å². The maximum absolute atomic E-state index is 14.2. The first-order valence-electron chi connectivity index (χ1n) is 7.14. The molecule has 20 heavy (non-hydrogen) atoms. The van der Waals surface area contributed by atoms with E-state index in [1.807, 2.05) is 24.1 Å². The maximum Gasteiger partial charge on any atom is 0.146 e. The fraction of sp³-hybridized carbons (Fsp3) is 0.625. The average molecular weight is 282 g/mol. The number of nitrogens with one attached hydrogen (secondary N) is 1. The first-order chi connectivity index (χ1) is 9.42. The van der Waals surface area contributed by atoms with Crippen LogP contribution in [0.3, 0.4) is 0 Å². The minimum atomic E-state index is -0.167. The Balaban J connectivity index is 2.73. The molecule has 0 fully saturated rings. The number of anilines is 1. The summed E-state index contributed by atoms with van der Waals surface area (Å²) in [5.41, 5.74) is 1.54. The van der Waals surface area contributed by atoms with Gasteiger partial charge in [-0.15, -0.1) is 0 Å². The van der Waals surface area contributed by atoms with Gasteiger partial charge < -0.3 is 15.0 Å². The lowest BCUT2D eigenvalue weighted by Gasteiger charge is -2.37. The van der Waals surface area contributed by atoms with Crippen LogP contribution in [0.2, 0.25) is 0 Å². The SMILES string of the molecule is CCC(C)(C)N(C)c1ccc(CNCCOC)cc1F. The largest absolute Gasteiger partial charge is 0.383 e. The topological polar surface area (TPSA) is 24.5 Å². The molecule has 4 heteroatoms. The van der Waals surface area contributed by atoms with Crippen LogP contribution in [0.5, 0.6) is 0 Å². The molecule has 1 rings (SSSR count). The number of methoxy groups -OCH3 is 1. The van der Waals surface area contributed by atoms with Crippen molar-refractivity contribution < 1.29 is 9.13 Å². The summed E-state index contributed by atoms with van der Waals surface area (Å²) >= 11 is 0. The van der Waals surface area contributed by atoms with Crippen molar-refractivity contribution in [2.75, 3.05) is 32.2 Å². The molecule has 1 N–H and O–H groups in total. The average Bonchev–Trinajstić information content (AvgIpc) is 2.43. The lowest BCUT2D eigenvalue weighted by molar-refractivity contribution is 0.199. The molecular weight excluding hydrogens is 255 g/mol. The summed E-state index contributed by atoms with van der Waals surface area (Å²) in [7, 11) is 3.61. The maximum atomic E-state index is 14.2. The summed E-state index contributed by atoms with van der Waals surface area (Å²) in [5, 5.41) is 3.21. The van der Waals surface area contributed by atoms with Crippen LogP contribution in [0, 0.1) is 5.82 Å². The number of rotatable bonds is 8. The van der Waals surface area contributed by atoms with E-state index in [0.29, 0.717) is 18.8 Å². The van der Waals surface area contributed by atoms with Crippen molar-refractivity contribution in [3.8, 4) is 0 Å². The molecule has 0 saturated heterocycles. The van der Waals surface area contributed by atoms with Crippen LogP contribution in [0.15, 0.2) is 18.2 Å². The van der Waals surface area contributed by atoms with E-state index in [-0.39, 0.29) is 11.4 Å². The zero-order chi connectivity index (χ0) is 15.2. The molecular formula is C16H27FN2O. The Bertz CT molecular complexity index is 421. The highest BCUT2D eigenvalue weighted by Gasteiger charge is 2.23. The molecule has 3 nitrogen and oxygen atoms in total. The van der Waals surface area contributed by atoms with Crippen LogP contribution >= 0.6 is 0 Å². The molecule has 0 amide bonds. The molecule has 0 heterocycles. The summed E-state index contributed by atoms with van der Waals surface area (Å²) in [6.07, 6.45) is 0.962. The van der Waals surface area contributed by atoms with Gasteiger partial charge in [-0.3, -0.25) is 0 Å². The number of hydrogen-bond acceptors (Lipinski definition) is 3. The number of hydrogen-bond donors (Lipinski definition) is 1. The molecule has 0 radical (unpaired) electrons. The molecule has 0 aliphatic carbocycles. The Kier molecular flexibility index (Phi) is 6.43. The third-order valence-corrected chi connectivity index (χ3v) is 3.96. The highest BCUT2D eigenvalue weighted by atomic mass is 19.1. The van der Waals surface area contributed by atoms with Gasteiger partial charge in [0.05, 0.1) is 12.3 Å². The Hall–Kier alpha value is -1.13. The van der Waals surface area contributed by atoms with Crippen molar-refractivity contribution in [1.82, 2.24) is 5.32 Å². The second-order valence-electron chi connectivity index (χ2n) is 5.68. The summed E-state index contributed by atoms with van der Waals surface area (Å²) in [5.74, 6) is -0.167. The number of halogens is 1. The van der Waals surface area contributed by atoms with Crippen LogP contribution in [0.25, 0.3) is 0 Å². The Morgan fingerprint density at radius 3 is 2.60 bits per heavy atom. The lowest BCUT2D eigenvalue weighted by atomic mass is 9.99. The molecule has 0 aliphatic rings. The van der Waals surface area contributed by atoms with Crippen molar-refractivity contribution in [2.24, 2.45) is 0 Å². The van der Waals surface area contributed by atoms with Gasteiger partial charge in [-0.1, -0.05) is 13.0 Å². The van der Waals surface area contributed by atoms with Crippen LogP contribution in [-0.4, -0.2) is 32.8 Å². The predicted molar refractivity (Wildman–Crippen MR) is 82.8 cm³/mol. The van der Waals surface area contributed by atoms with Crippen molar-refractivity contribution in [1.29, 1.82) is 0 Å². The standard InChI is InChI=1S/C16H27FN2O/c1-6-16(2,3)19(4)15-8-7-13(11-14(15)17)12-18-9-10-20-5/h7-8,11,18H,6,9-10,12H2,1-5H3. The second kappa shape index (κ2) is 7.60. The molecule has 1 aromatic rings. The van der Waals surface area contributed by atoms with E-state index in [2.05, 4.69) is 26.1 Å². The minimum Gasteiger partial charge on any atom is -0.383 e. The molecule has 0 saturated carbocycles. The Morgan fingerprint density at radius 1 is 1.35 bits per heavy atom. The third-order valence-electron chi connectivity index (χ3n) is 3.96. The van der Waals surface area contributed by atoms with Gasteiger partial charge in [-0.2, -0.15) is 0 Å². The van der Waals surface area contributed by atoms with Gasteiger partial charge in [0.1, 0.15) is 5.82 Å². The molecule has 0 aromatic heterocycles. The monoisotopic (exact) mass is 282 g/mol. The number of nitrogens with zero attached hydrogens (tertiary/aromatic N) is 1. The van der Waals surface area contributed by atoms with E-state index >= 15 is 0 Å². The van der Waals surface area contributed by atoms with Crippen molar-refractivity contribution in [3.63, 3.8) is 0 Å². The molecule has 0 aliphatic heterocycles. The Labute approximate surface area is 122 Å². The van der Waals surface area contributed by atoms with Gasteiger partial charge >= 0.3 is 0 Å². The first-order valence-corrected chi connectivity index (χ1v) is 7.14. The van der Waals surface area contributed by atoms with E-state index in [0.717, 1.165) is 18.5 Å². The minimum absolute atomic E-state index is 0.0565. The van der Waals surface area contributed by atoms with Crippen LogP contribution < -0.4 is 10.2 Å². The fourth-order valence-corrected chi connectivity index (χ4v) is 1.90. The summed E-state index contributed by atoms with van der Waals surface area (Å²) in [6, 6.07) is 5.44. The molecule has 114 valence electrons. The predicted octanol–water partition coefficient (Wildman–Crippen LogP) is 3.19. The first kappa shape index (κ1) is 16.9. The normalized spacial score (nSPS) is 11.7. The summed E-state index contributed by atoms with van der Waals surface area (Å²) < 4.78 is 19.2. The zero-order valence-corrected chi connectivity index (χ0v) is 13.3. The zero-order valence-electron chi connectivity index (χ0n) is 13.3. The number of ether oxygens (including phenoxy) is 1. The lowest BCUT2D eigenvalue weighted by Crippen LogP contribution is -2.41.